The third-order valence-electron chi connectivity index (χ3n) is 6.62. The van der Waals surface area contributed by atoms with Crippen molar-refractivity contribution in [2.24, 2.45) is 10.9 Å². The number of ether oxygens (including phenoxy) is 4. The number of carbonyl (C=O) groups is 2. The zero-order valence-electron chi connectivity index (χ0n) is 23.6. The van der Waals surface area contributed by atoms with Crippen LogP contribution in [0.5, 0.6) is 11.5 Å². The number of halogens is 2. The molecule has 0 radical (unpaired) electrons. The summed E-state index contributed by atoms with van der Waals surface area (Å²) in [5, 5.41) is 13.4. The number of unbranched alkanes of at least 4 members (excludes halogenated alkanes) is 1. The number of rotatable bonds is 14. The number of carbonyl (C=O) groups excluding carboxylic acids is 2. The van der Waals surface area contributed by atoms with Gasteiger partial charge in [-0.2, -0.15) is 0 Å². The summed E-state index contributed by atoms with van der Waals surface area (Å²) in [6, 6.07) is 13.1. The zero-order chi connectivity index (χ0) is 29.9. The number of nitrogens with zero attached hydrogens (tertiary/aromatic N) is 1. The van der Waals surface area contributed by atoms with E-state index in [4.69, 9.17) is 18.9 Å². The molecule has 0 fully saturated rings. The normalized spacial score (nSPS) is 17.5. The molecule has 0 spiro atoms. The Morgan fingerprint density at radius 3 is 2.46 bits per heavy atom. The largest absolute Gasteiger partial charge is 0.492 e. The molecule has 0 bridgehead atoms. The maximum atomic E-state index is 13.0. The minimum absolute atomic E-state index is 0.208. The van der Waals surface area contributed by atoms with Gasteiger partial charge in [0, 0.05) is 33.9 Å². The van der Waals surface area contributed by atoms with Crippen LogP contribution in [0.1, 0.15) is 38.2 Å². The maximum Gasteiger partial charge on any atom is 0.336 e. The van der Waals surface area contributed by atoms with Gasteiger partial charge >= 0.3 is 11.9 Å². The van der Waals surface area contributed by atoms with Gasteiger partial charge in [-0.05, 0) is 73.4 Å². The molecule has 2 aromatic carbocycles. The second-order valence-electron chi connectivity index (χ2n) is 9.57. The fourth-order valence-corrected chi connectivity index (χ4v) is 6.08. The molecular formula is C30H36Br2N2O7. The molecule has 3 unspecified atom stereocenters. The van der Waals surface area contributed by atoms with Crippen LogP contribution in [0.2, 0.25) is 0 Å². The van der Waals surface area contributed by atoms with Crippen LogP contribution in [0.15, 0.2) is 67.7 Å². The van der Waals surface area contributed by atoms with Crippen molar-refractivity contribution in [2.45, 2.75) is 38.7 Å². The van der Waals surface area contributed by atoms with E-state index in [1.54, 1.807) is 13.8 Å². The molecule has 0 aromatic heterocycles. The number of hydrogen-bond acceptors (Lipinski definition) is 9. The number of methoxy groups -OCH3 is 2. The molecule has 0 aliphatic carbocycles. The molecule has 0 amide bonds. The van der Waals surface area contributed by atoms with Crippen LogP contribution >= 0.6 is 31.9 Å². The first-order chi connectivity index (χ1) is 19.7. The quantitative estimate of drug-likeness (QED) is 0.205. The van der Waals surface area contributed by atoms with Crippen LogP contribution in [0, 0.1) is 5.92 Å². The summed E-state index contributed by atoms with van der Waals surface area (Å²) in [4.78, 5) is 30.4. The number of allylic oxidation sites excluding steroid dienone is 1. The van der Waals surface area contributed by atoms with Gasteiger partial charge in [-0.3, -0.25) is 9.79 Å². The van der Waals surface area contributed by atoms with Gasteiger partial charge in [0.05, 0.1) is 30.9 Å². The molecule has 2 N–H and O–H groups in total. The number of para-hydroxylation sites is 1. The number of nitrogens with one attached hydrogen (secondary N) is 1. The van der Waals surface area contributed by atoms with Crippen molar-refractivity contribution >= 4 is 49.5 Å². The lowest BCUT2D eigenvalue weighted by molar-refractivity contribution is -0.143. The van der Waals surface area contributed by atoms with Crippen molar-refractivity contribution in [1.29, 1.82) is 0 Å². The van der Waals surface area contributed by atoms with E-state index in [-0.39, 0.29) is 12.2 Å². The van der Waals surface area contributed by atoms with Gasteiger partial charge in [0.1, 0.15) is 30.1 Å². The van der Waals surface area contributed by atoms with E-state index in [0.717, 1.165) is 23.1 Å². The Morgan fingerprint density at radius 1 is 1.05 bits per heavy atom. The van der Waals surface area contributed by atoms with E-state index in [1.165, 1.54) is 14.2 Å². The van der Waals surface area contributed by atoms with E-state index in [2.05, 4.69) is 42.2 Å². The van der Waals surface area contributed by atoms with E-state index in [1.807, 2.05) is 42.5 Å². The molecular weight excluding hydrogens is 660 g/mol. The van der Waals surface area contributed by atoms with Crippen LogP contribution in [-0.2, 0) is 19.1 Å². The van der Waals surface area contributed by atoms with Crippen LogP contribution in [0.4, 0.5) is 0 Å². The van der Waals surface area contributed by atoms with Gasteiger partial charge in [-0.1, -0.05) is 34.1 Å². The maximum absolute atomic E-state index is 13.0. The van der Waals surface area contributed by atoms with Crippen molar-refractivity contribution in [3.8, 4) is 11.5 Å². The third-order valence-corrected chi connectivity index (χ3v) is 7.67. The molecule has 9 nitrogen and oxygen atoms in total. The molecule has 41 heavy (non-hydrogen) atoms. The number of aliphatic hydroxyl groups excluding tert-OH is 1. The Hall–Kier alpha value is -2.73. The minimum atomic E-state index is -0.831. The summed E-state index contributed by atoms with van der Waals surface area (Å²) in [5.74, 6) is -1.38. The number of esters is 2. The first-order valence-corrected chi connectivity index (χ1v) is 14.9. The Morgan fingerprint density at radius 2 is 1.78 bits per heavy atom. The second-order valence-corrected chi connectivity index (χ2v) is 11.3. The first-order valence-electron chi connectivity index (χ1n) is 13.3. The lowest BCUT2D eigenvalue weighted by atomic mass is 9.75. The number of benzene rings is 2. The van der Waals surface area contributed by atoms with Crippen LogP contribution in [0.25, 0.3) is 0 Å². The topological polar surface area (TPSA) is 116 Å². The summed E-state index contributed by atoms with van der Waals surface area (Å²) < 4.78 is 23.4. The SMILES string of the molecule is COC(=O)C1=C(C)N=C(C)C(C(=O)OC)C1c1cc(Br)cc(Br)c1OCCCCNCC(O)COc1ccccc1. The highest BCUT2D eigenvalue weighted by molar-refractivity contribution is 9.11. The average molecular weight is 696 g/mol. The summed E-state index contributed by atoms with van der Waals surface area (Å²) in [6.07, 6.45) is 0.913. The Kier molecular flexibility index (Phi) is 12.8. The Balaban J connectivity index is 1.65. The molecule has 0 saturated carbocycles. The summed E-state index contributed by atoms with van der Waals surface area (Å²) in [6.45, 7) is 5.18. The molecule has 1 aliphatic rings. The van der Waals surface area contributed by atoms with Crippen molar-refractivity contribution in [1.82, 2.24) is 5.32 Å². The lowest BCUT2D eigenvalue weighted by Gasteiger charge is -2.32. The van der Waals surface area contributed by atoms with Crippen molar-refractivity contribution in [2.75, 3.05) is 40.5 Å². The monoisotopic (exact) mass is 694 g/mol. The highest BCUT2D eigenvalue weighted by Crippen LogP contribution is 2.46. The number of hydrogen-bond donors (Lipinski definition) is 2. The predicted octanol–water partition coefficient (Wildman–Crippen LogP) is 5.19. The van der Waals surface area contributed by atoms with Crippen molar-refractivity contribution in [3.63, 3.8) is 0 Å². The highest BCUT2D eigenvalue weighted by Gasteiger charge is 2.43. The predicted molar refractivity (Wildman–Crippen MR) is 163 cm³/mol. The van der Waals surface area contributed by atoms with Crippen LogP contribution in [0.3, 0.4) is 0 Å². The summed E-state index contributed by atoms with van der Waals surface area (Å²) in [5.41, 5.74) is 1.93. The van der Waals surface area contributed by atoms with Gasteiger partial charge < -0.3 is 29.4 Å². The van der Waals surface area contributed by atoms with E-state index in [9.17, 15) is 14.7 Å². The van der Waals surface area contributed by atoms with Gasteiger partial charge in [-0.15, -0.1) is 0 Å². The molecule has 2 aromatic rings. The molecule has 11 heteroatoms. The zero-order valence-corrected chi connectivity index (χ0v) is 26.8. The molecule has 222 valence electrons. The average Bonchev–Trinajstić information content (AvgIpc) is 2.95. The van der Waals surface area contributed by atoms with E-state index >= 15 is 0 Å². The van der Waals surface area contributed by atoms with E-state index in [0.29, 0.717) is 46.9 Å². The lowest BCUT2D eigenvalue weighted by Crippen LogP contribution is -2.36. The fraction of sp³-hybridized carbons (Fsp3) is 0.433. The van der Waals surface area contributed by atoms with Crippen molar-refractivity contribution < 1.29 is 33.6 Å². The van der Waals surface area contributed by atoms with Gasteiger partial charge in [-0.25, -0.2) is 4.79 Å². The van der Waals surface area contributed by atoms with Gasteiger partial charge in [0.25, 0.3) is 0 Å². The molecule has 3 atom stereocenters. The summed E-state index contributed by atoms with van der Waals surface area (Å²) >= 11 is 7.14. The second kappa shape index (κ2) is 16.1. The highest BCUT2D eigenvalue weighted by atomic mass is 79.9. The van der Waals surface area contributed by atoms with Gasteiger partial charge in [0.15, 0.2) is 0 Å². The summed E-state index contributed by atoms with van der Waals surface area (Å²) in [7, 11) is 2.61. The fourth-order valence-electron chi connectivity index (χ4n) is 4.71. The molecule has 1 aliphatic heterocycles. The van der Waals surface area contributed by atoms with Gasteiger partial charge in [0.2, 0.25) is 0 Å². The first kappa shape index (κ1) is 32.8. The number of aliphatic imine (C=N–C) groups is 1. The molecule has 0 saturated heterocycles. The van der Waals surface area contributed by atoms with Crippen molar-refractivity contribution in [3.05, 3.63) is 68.2 Å². The van der Waals surface area contributed by atoms with Crippen LogP contribution < -0.4 is 14.8 Å². The Labute approximate surface area is 257 Å². The molecule has 3 rings (SSSR count). The molecule has 1 heterocycles. The minimum Gasteiger partial charge on any atom is -0.492 e. The third kappa shape index (κ3) is 8.88. The van der Waals surface area contributed by atoms with Crippen LogP contribution in [-0.4, -0.2) is 69.4 Å². The number of aliphatic hydroxyl groups is 1. The van der Waals surface area contributed by atoms with E-state index < -0.39 is 29.9 Å². The smallest absolute Gasteiger partial charge is 0.336 e. The standard InChI is InChI=1S/C30H36Br2N2O7/c1-18-25(29(36)38-3)27(26(19(2)34-18)30(37)39-4)23-14-20(31)15-24(32)28(23)40-13-9-8-12-33-16-21(35)17-41-22-10-6-5-7-11-22/h5-7,10-11,14-15,21,25,27,33,35H,8-9,12-13,16-17H2,1-4H3. The Bertz CT molecular complexity index is 1270.